The monoisotopic (exact) mass is 371 g/mol. The van der Waals surface area contributed by atoms with Gasteiger partial charge in [0.25, 0.3) is 0 Å². The smallest absolute Gasteiger partial charge is 0.413 e. The summed E-state index contributed by atoms with van der Waals surface area (Å²) >= 11 is 1.25. The fourth-order valence-corrected chi connectivity index (χ4v) is 3.10. The predicted molar refractivity (Wildman–Crippen MR) is 93.8 cm³/mol. The topological polar surface area (TPSA) is 98.6 Å². The lowest BCUT2D eigenvalue weighted by Gasteiger charge is -2.28. The average molecular weight is 371 g/mol. The number of anilines is 1. The lowest BCUT2D eigenvalue weighted by molar-refractivity contribution is -0.117. The molecule has 1 saturated heterocycles. The summed E-state index contributed by atoms with van der Waals surface area (Å²) in [4.78, 5) is 25.2. The highest BCUT2D eigenvalue weighted by Crippen LogP contribution is 2.24. The first kappa shape index (κ1) is 19.5. The van der Waals surface area contributed by atoms with Crippen LogP contribution in [0.2, 0.25) is 0 Å². The van der Waals surface area contributed by atoms with Gasteiger partial charge in [0.1, 0.15) is 0 Å². The Hall–Kier alpha value is -1.81. The number of nitrogens with one attached hydrogen (secondary N) is 1. The first-order valence-corrected chi connectivity index (χ1v) is 9.35. The van der Waals surface area contributed by atoms with Crippen LogP contribution in [0.4, 0.5) is 10.7 Å². The molecule has 140 valence electrons. The number of ether oxygens (including phenoxy) is 2. The number of hydrogen-bond donors (Lipinski definition) is 1. The molecule has 2 heterocycles. The first-order valence-electron chi connectivity index (χ1n) is 8.36. The Morgan fingerprint density at radius 2 is 2.04 bits per heavy atom. The minimum atomic E-state index is -0.731. The van der Waals surface area contributed by atoms with E-state index in [2.05, 4.69) is 34.3 Å². The number of nitrogens with zero attached hydrogens (tertiary/aromatic N) is 4. The number of amides is 2. The molecule has 9 nitrogen and oxygen atoms in total. The summed E-state index contributed by atoms with van der Waals surface area (Å²) in [7, 11) is 0. The maximum Gasteiger partial charge on any atom is 0.413 e. The molecule has 2 rings (SSSR count). The standard InChI is InChI=1S/C15H25N5O4S/c1-4-24-15(22)16-12(21)10-25-14-18-17-13(20(14)9-11(2)3)19-5-7-23-8-6-19/h11H,4-10H2,1-3H3,(H,16,21,22). The van der Waals surface area contributed by atoms with E-state index in [0.717, 1.165) is 25.6 Å². The van der Waals surface area contributed by atoms with E-state index < -0.39 is 12.0 Å². The first-order chi connectivity index (χ1) is 12.0. The number of thioether (sulfide) groups is 1. The van der Waals surface area contributed by atoms with E-state index in [9.17, 15) is 9.59 Å². The molecule has 0 spiro atoms. The minimum Gasteiger partial charge on any atom is -0.450 e. The second-order valence-electron chi connectivity index (χ2n) is 5.94. The van der Waals surface area contributed by atoms with Crippen molar-refractivity contribution >= 4 is 29.7 Å². The van der Waals surface area contributed by atoms with Crippen LogP contribution in [0.25, 0.3) is 0 Å². The molecule has 0 unspecified atom stereocenters. The van der Waals surface area contributed by atoms with E-state index in [1.165, 1.54) is 11.8 Å². The molecule has 0 bridgehead atoms. The number of carbonyl (C=O) groups excluding carboxylic acids is 2. The molecular weight excluding hydrogens is 346 g/mol. The van der Waals surface area contributed by atoms with E-state index in [1.54, 1.807) is 6.92 Å². The lowest BCUT2D eigenvalue weighted by atomic mass is 10.2. The summed E-state index contributed by atoms with van der Waals surface area (Å²) in [5.74, 6) is 0.849. The molecule has 25 heavy (non-hydrogen) atoms. The molecule has 1 aliphatic rings. The Kier molecular flexibility index (Phi) is 7.51. The summed E-state index contributed by atoms with van der Waals surface area (Å²) < 4.78 is 12.1. The highest BCUT2D eigenvalue weighted by Gasteiger charge is 2.22. The van der Waals surface area contributed by atoms with E-state index in [4.69, 9.17) is 9.47 Å². The molecule has 0 saturated carbocycles. The Morgan fingerprint density at radius 1 is 1.32 bits per heavy atom. The molecule has 1 aliphatic heterocycles. The number of hydrogen-bond acceptors (Lipinski definition) is 8. The summed E-state index contributed by atoms with van der Waals surface area (Å²) in [6, 6.07) is 0. The molecule has 0 radical (unpaired) electrons. The van der Waals surface area contributed by atoms with Crippen LogP contribution in [0.5, 0.6) is 0 Å². The van der Waals surface area contributed by atoms with Gasteiger partial charge in [-0.25, -0.2) is 4.79 Å². The van der Waals surface area contributed by atoms with Gasteiger partial charge in [0.2, 0.25) is 11.9 Å². The zero-order valence-corrected chi connectivity index (χ0v) is 15.7. The molecule has 0 aromatic carbocycles. The van der Waals surface area contributed by atoms with Gasteiger partial charge in [0, 0.05) is 19.6 Å². The van der Waals surface area contributed by atoms with Gasteiger partial charge < -0.3 is 14.4 Å². The third-order valence-electron chi connectivity index (χ3n) is 3.39. The van der Waals surface area contributed by atoms with Crippen molar-refractivity contribution in [3.63, 3.8) is 0 Å². The highest BCUT2D eigenvalue weighted by atomic mass is 32.2. The average Bonchev–Trinajstić information content (AvgIpc) is 2.96. The van der Waals surface area contributed by atoms with Crippen molar-refractivity contribution in [2.45, 2.75) is 32.5 Å². The van der Waals surface area contributed by atoms with Crippen LogP contribution in [0.15, 0.2) is 5.16 Å². The van der Waals surface area contributed by atoms with Crippen molar-refractivity contribution in [3.8, 4) is 0 Å². The van der Waals surface area contributed by atoms with Crippen molar-refractivity contribution in [1.29, 1.82) is 0 Å². The van der Waals surface area contributed by atoms with Crippen LogP contribution in [0, 0.1) is 5.92 Å². The zero-order valence-electron chi connectivity index (χ0n) is 14.9. The summed E-state index contributed by atoms with van der Waals surface area (Å²) in [5.41, 5.74) is 0. The third kappa shape index (κ3) is 5.89. The minimum absolute atomic E-state index is 0.0676. The van der Waals surface area contributed by atoms with Gasteiger partial charge in [-0.15, -0.1) is 10.2 Å². The van der Waals surface area contributed by atoms with Gasteiger partial charge in [-0.2, -0.15) is 0 Å². The zero-order chi connectivity index (χ0) is 18.2. The van der Waals surface area contributed by atoms with E-state index in [-0.39, 0.29) is 12.4 Å². The molecule has 0 aliphatic carbocycles. The van der Waals surface area contributed by atoms with Crippen LogP contribution in [0.1, 0.15) is 20.8 Å². The number of alkyl carbamates (subject to hydrolysis) is 1. The molecule has 10 heteroatoms. The third-order valence-corrected chi connectivity index (χ3v) is 4.36. The summed E-state index contributed by atoms with van der Waals surface area (Å²) in [6.07, 6.45) is -0.731. The van der Waals surface area contributed by atoms with Gasteiger partial charge in [-0.05, 0) is 12.8 Å². The largest absolute Gasteiger partial charge is 0.450 e. The number of morpholine rings is 1. The van der Waals surface area contributed by atoms with Crippen molar-refractivity contribution < 1.29 is 19.1 Å². The second-order valence-corrected chi connectivity index (χ2v) is 6.89. The van der Waals surface area contributed by atoms with Gasteiger partial charge in [0.15, 0.2) is 5.16 Å². The van der Waals surface area contributed by atoms with Crippen LogP contribution in [-0.4, -0.2) is 65.4 Å². The van der Waals surface area contributed by atoms with Crippen LogP contribution < -0.4 is 10.2 Å². The van der Waals surface area contributed by atoms with Crippen LogP contribution >= 0.6 is 11.8 Å². The maximum atomic E-state index is 11.8. The molecule has 1 aromatic heterocycles. The van der Waals surface area contributed by atoms with E-state index in [1.807, 2.05) is 4.57 Å². The number of imide groups is 1. The normalized spacial score (nSPS) is 14.6. The molecule has 1 fully saturated rings. The van der Waals surface area contributed by atoms with Gasteiger partial charge >= 0.3 is 6.09 Å². The SMILES string of the molecule is CCOC(=O)NC(=O)CSc1nnc(N2CCOCC2)n1CC(C)C. The maximum absolute atomic E-state index is 11.8. The molecule has 1 aromatic rings. The van der Waals surface area contributed by atoms with Crippen molar-refractivity contribution in [3.05, 3.63) is 0 Å². The molecule has 1 N–H and O–H groups in total. The Balaban J connectivity index is 2.02. The van der Waals surface area contributed by atoms with Crippen LogP contribution in [0.3, 0.4) is 0 Å². The Bertz CT molecular complexity index is 586. The van der Waals surface area contributed by atoms with E-state index >= 15 is 0 Å². The summed E-state index contributed by atoms with van der Waals surface area (Å²) in [5, 5.41) is 11.4. The van der Waals surface area contributed by atoms with Gasteiger partial charge in [-0.3, -0.25) is 14.7 Å². The second kappa shape index (κ2) is 9.62. The van der Waals surface area contributed by atoms with Gasteiger partial charge in [-0.1, -0.05) is 25.6 Å². The lowest BCUT2D eigenvalue weighted by Crippen LogP contribution is -2.38. The predicted octanol–water partition coefficient (Wildman–Crippen LogP) is 1.14. The fourth-order valence-electron chi connectivity index (χ4n) is 2.36. The molecule has 2 amide bonds. The Morgan fingerprint density at radius 3 is 2.68 bits per heavy atom. The quantitative estimate of drug-likeness (QED) is 0.713. The van der Waals surface area contributed by atoms with E-state index in [0.29, 0.717) is 24.3 Å². The number of rotatable bonds is 7. The summed E-state index contributed by atoms with van der Waals surface area (Å²) in [6.45, 7) is 9.75. The molecule has 0 atom stereocenters. The van der Waals surface area contributed by atoms with Gasteiger partial charge in [0.05, 0.1) is 25.6 Å². The van der Waals surface area contributed by atoms with Crippen molar-refractivity contribution in [1.82, 2.24) is 20.1 Å². The van der Waals surface area contributed by atoms with Crippen molar-refractivity contribution in [2.75, 3.05) is 43.6 Å². The Labute approximate surface area is 151 Å². The number of aromatic nitrogens is 3. The van der Waals surface area contributed by atoms with Crippen LogP contribution in [-0.2, 0) is 20.8 Å². The highest BCUT2D eigenvalue weighted by molar-refractivity contribution is 7.99. The van der Waals surface area contributed by atoms with Crippen molar-refractivity contribution in [2.24, 2.45) is 5.92 Å². The molecular formula is C15H25N5O4S. The number of carbonyl (C=O) groups is 2. The fraction of sp³-hybridized carbons (Fsp3) is 0.733.